The van der Waals surface area contributed by atoms with Gasteiger partial charge in [0.15, 0.2) is 0 Å². The van der Waals surface area contributed by atoms with Gasteiger partial charge in [0.25, 0.3) is 0 Å². The van der Waals surface area contributed by atoms with E-state index in [2.05, 4.69) is 15.9 Å². The molecule has 2 amide bonds. The van der Waals surface area contributed by atoms with E-state index >= 15 is 0 Å². The summed E-state index contributed by atoms with van der Waals surface area (Å²) in [4.78, 5) is 31.6. The molecular formula is C24H29N3O3. The number of imide groups is 1. The van der Waals surface area contributed by atoms with Gasteiger partial charge in [0, 0.05) is 32.6 Å². The molecule has 6 heteroatoms. The number of methoxy groups -OCH3 is 1. The number of piperazine rings is 1. The van der Waals surface area contributed by atoms with Gasteiger partial charge < -0.3 is 9.64 Å². The minimum atomic E-state index is -0.269. The summed E-state index contributed by atoms with van der Waals surface area (Å²) in [6.45, 7) is 5.69. The van der Waals surface area contributed by atoms with Crippen LogP contribution in [0.25, 0.3) is 0 Å². The van der Waals surface area contributed by atoms with Crippen LogP contribution in [0.1, 0.15) is 24.8 Å². The third-order valence-corrected chi connectivity index (χ3v) is 6.35. The molecule has 0 aliphatic carbocycles. The van der Waals surface area contributed by atoms with Crippen molar-refractivity contribution in [3.05, 3.63) is 60.2 Å². The second-order valence-corrected chi connectivity index (χ2v) is 8.09. The van der Waals surface area contributed by atoms with E-state index < -0.39 is 0 Å². The number of para-hydroxylation sites is 2. The van der Waals surface area contributed by atoms with Gasteiger partial charge in [-0.25, -0.2) is 0 Å². The zero-order valence-corrected chi connectivity index (χ0v) is 17.7. The number of likely N-dealkylation sites (tertiary alicyclic amines) is 1. The number of carbonyl (C=O) groups is 2. The van der Waals surface area contributed by atoms with Gasteiger partial charge in [0.2, 0.25) is 11.8 Å². The molecule has 2 aromatic rings. The van der Waals surface area contributed by atoms with E-state index in [4.69, 9.17) is 4.74 Å². The minimum absolute atomic E-state index is 0.0371. The van der Waals surface area contributed by atoms with Crippen LogP contribution in [0.5, 0.6) is 5.75 Å². The second-order valence-electron chi connectivity index (χ2n) is 8.09. The van der Waals surface area contributed by atoms with Gasteiger partial charge in [0.05, 0.1) is 25.4 Å². The van der Waals surface area contributed by atoms with E-state index in [1.807, 2.05) is 55.5 Å². The highest BCUT2D eigenvalue weighted by molar-refractivity contribution is 6.03. The first-order valence-corrected chi connectivity index (χ1v) is 10.6. The smallest absolute Gasteiger partial charge is 0.234 e. The predicted molar refractivity (Wildman–Crippen MR) is 116 cm³/mol. The predicted octanol–water partition coefficient (Wildman–Crippen LogP) is 2.95. The molecule has 0 radical (unpaired) electrons. The van der Waals surface area contributed by atoms with E-state index in [0.717, 1.165) is 43.2 Å². The highest BCUT2D eigenvalue weighted by Crippen LogP contribution is 2.34. The lowest BCUT2D eigenvalue weighted by atomic mass is 9.86. The molecule has 0 N–H and O–H groups in total. The number of hydrogen-bond donors (Lipinski definition) is 0. The van der Waals surface area contributed by atoms with E-state index in [9.17, 15) is 9.59 Å². The zero-order chi connectivity index (χ0) is 21.1. The van der Waals surface area contributed by atoms with Crippen molar-refractivity contribution < 1.29 is 14.3 Å². The molecule has 2 atom stereocenters. The quantitative estimate of drug-likeness (QED) is 0.689. The SMILES string of the molecule is COc1ccccc1N1CCN(CN2C(=O)CC(C(C)c3ccccc3)C2=O)CC1. The third-order valence-electron chi connectivity index (χ3n) is 6.35. The van der Waals surface area contributed by atoms with Crippen LogP contribution >= 0.6 is 0 Å². The van der Waals surface area contributed by atoms with Gasteiger partial charge in [-0.15, -0.1) is 0 Å². The molecule has 0 saturated carbocycles. The fourth-order valence-electron chi connectivity index (χ4n) is 4.46. The molecule has 2 saturated heterocycles. The van der Waals surface area contributed by atoms with Crippen LogP contribution in [0.4, 0.5) is 5.69 Å². The number of anilines is 1. The van der Waals surface area contributed by atoms with Gasteiger partial charge >= 0.3 is 0 Å². The fraction of sp³-hybridized carbons (Fsp3) is 0.417. The van der Waals surface area contributed by atoms with E-state index in [1.165, 1.54) is 4.90 Å². The number of benzene rings is 2. The van der Waals surface area contributed by atoms with Crippen molar-refractivity contribution in [2.75, 3.05) is 44.9 Å². The Balaban J connectivity index is 1.36. The Morgan fingerprint density at radius 1 is 0.967 bits per heavy atom. The lowest BCUT2D eigenvalue weighted by Crippen LogP contribution is -2.51. The molecule has 2 aliphatic rings. The van der Waals surface area contributed by atoms with Crippen molar-refractivity contribution >= 4 is 17.5 Å². The summed E-state index contributed by atoms with van der Waals surface area (Å²) >= 11 is 0. The molecule has 158 valence electrons. The third kappa shape index (κ3) is 4.05. The first kappa shape index (κ1) is 20.4. The molecule has 0 bridgehead atoms. The average Bonchev–Trinajstić information content (AvgIpc) is 3.08. The van der Waals surface area contributed by atoms with Gasteiger partial charge in [-0.05, 0) is 23.6 Å². The van der Waals surface area contributed by atoms with Gasteiger partial charge in [-0.3, -0.25) is 19.4 Å². The average molecular weight is 408 g/mol. The van der Waals surface area contributed by atoms with Crippen molar-refractivity contribution in [3.63, 3.8) is 0 Å². The summed E-state index contributed by atoms with van der Waals surface area (Å²) in [6.07, 6.45) is 0.302. The van der Waals surface area contributed by atoms with Gasteiger partial charge in [-0.2, -0.15) is 0 Å². The maximum absolute atomic E-state index is 13.0. The largest absolute Gasteiger partial charge is 0.495 e. The first-order chi connectivity index (χ1) is 14.6. The first-order valence-electron chi connectivity index (χ1n) is 10.6. The summed E-state index contributed by atoms with van der Waals surface area (Å²) in [5, 5.41) is 0. The molecule has 2 unspecified atom stereocenters. The van der Waals surface area contributed by atoms with Crippen LogP contribution in [0.3, 0.4) is 0 Å². The van der Waals surface area contributed by atoms with E-state index in [0.29, 0.717) is 13.1 Å². The standard InChI is InChI=1S/C24H29N3O3/c1-18(19-8-4-3-5-9-19)20-16-23(28)27(24(20)29)17-25-12-14-26(15-13-25)21-10-6-7-11-22(21)30-2/h3-11,18,20H,12-17H2,1-2H3. The maximum Gasteiger partial charge on any atom is 0.234 e. The van der Waals surface area contributed by atoms with E-state index in [1.54, 1.807) is 7.11 Å². The Bertz CT molecular complexity index is 894. The van der Waals surface area contributed by atoms with Crippen LogP contribution in [0, 0.1) is 5.92 Å². The monoisotopic (exact) mass is 407 g/mol. The molecule has 2 aromatic carbocycles. The normalized spacial score (nSPS) is 21.2. The molecule has 4 rings (SSSR count). The number of rotatable bonds is 6. The van der Waals surface area contributed by atoms with Crippen molar-refractivity contribution in [3.8, 4) is 5.75 Å². The number of nitrogens with zero attached hydrogens (tertiary/aromatic N) is 3. The van der Waals surface area contributed by atoms with Crippen molar-refractivity contribution in [2.45, 2.75) is 19.3 Å². The summed E-state index contributed by atoms with van der Waals surface area (Å²) in [7, 11) is 1.69. The van der Waals surface area contributed by atoms with Crippen LogP contribution in [-0.2, 0) is 9.59 Å². The number of amides is 2. The Morgan fingerprint density at radius 3 is 2.33 bits per heavy atom. The fourth-order valence-corrected chi connectivity index (χ4v) is 4.46. The molecule has 2 fully saturated rings. The Labute approximate surface area is 178 Å². The Morgan fingerprint density at radius 2 is 1.63 bits per heavy atom. The molecule has 0 spiro atoms. The van der Waals surface area contributed by atoms with Crippen molar-refractivity contribution in [1.29, 1.82) is 0 Å². The topological polar surface area (TPSA) is 53.1 Å². The number of ether oxygens (including phenoxy) is 1. The van der Waals surface area contributed by atoms with Crippen LogP contribution < -0.4 is 9.64 Å². The molecule has 2 heterocycles. The summed E-state index contributed by atoms with van der Waals surface area (Å²) in [6, 6.07) is 18.0. The number of carbonyl (C=O) groups excluding carboxylic acids is 2. The van der Waals surface area contributed by atoms with Crippen molar-refractivity contribution in [2.24, 2.45) is 5.92 Å². The second kappa shape index (κ2) is 8.88. The Kier molecular flexibility index (Phi) is 6.04. The molecule has 2 aliphatic heterocycles. The summed E-state index contributed by atoms with van der Waals surface area (Å²) < 4.78 is 5.48. The van der Waals surface area contributed by atoms with Crippen LogP contribution in [-0.4, -0.2) is 61.6 Å². The van der Waals surface area contributed by atoms with Crippen LogP contribution in [0.15, 0.2) is 54.6 Å². The highest BCUT2D eigenvalue weighted by Gasteiger charge is 2.42. The highest BCUT2D eigenvalue weighted by atomic mass is 16.5. The van der Waals surface area contributed by atoms with Gasteiger partial charge in [0.1, 0.15) is 5.75 Å². The molecule has 0 aromatic heterocycles. The lowest BCUT2D eigenvalue weighted by molar-refractivity contribution is -0.142. The number of hydrogen-bond acceptors (Lipinski definition) is 5. The maximum atomic E-state index is 13.0. The molecule has 6 nitrogen and oxygen atoms in total. The van der Waals surface area contributed by atoms with Crippen molar-refractivity contribution in [1.82, 2.24) is 9.80 Å². The minimum Gasteiger partial charge on any atom is -0.495 e. The van der Waals surface area contributed by atoms with Gasteiger partial charge in [-0.1, -0.05) is 49.4 Å². The Hall–Kier alpha value is -2.86. The summed E-state index contributed by atoms with van der Waals surface area (Å²) in [5.74, 6) is 0.543. The lowest BCUT2D eigenvalue weighted by Gasteiger charge is -2.37. The van der Waals surface area contributed by atoms with Crippen LogP contribution in [0.2, 0.25) is 0 Å². The molecule has 30 heavy (non-hydrogen) atoms. The van der Waals surface area contributed by atoms with E-state index in [-0.39, 0.29) is 23.7 Å². The zero-order valence-electron chi connectivity index (χ0n) is 17.7. The summed E-state index contributed by atoms with van der Waals surface area (Å²) in [5.41, 5.74) is 2.20. The molecular weight excluding hydrogens is 378 g/mol.